The number of aromatic amines is 1. The molecule has 0 saturated carbocycles. The second-order valence-corrected chi connectivity index (χ2v) is 6.38. The van der Waals surface area contributed by atoms with Crippen LogP contribution in [0.25, 0.3) is 0 Å². The predicted molar refractivity (Wildman–Crippen MR) is 90.8 cm³/mol. The van der Waals surface area contributed by atoms with Crippen LogP contribution in [-0.2, 0) is 11.2 Å². The third-order valence-electron chi connectivity index (χ3n) is 4.36. The molecular weight excluding hydrogens is 323 g/mol. The van der Waals surface area contributed by atoms with Gasteiger partial charge in [-0.25, -0.2) is 4.39 Å². The Bertz CT molecular complexity index is 850. The fraction of sp³-hybridized carbons (Fsp3) is 0.263. The summed E-state index contributed by atoms with van der Waals surface area (Å²) in [5.41, 5.74) is 2.11. The summed E-state index contributed by atoms with van der Waals surface area (Å²) >= 11 is 0. The van der Waals surface area contributed by atoms with Crippen LogP contribution in [0.5, 0.6) is 0 Å². The molecule has 1 aliphatic rings. The Morgan fingerprint density at radius 2 is 1.96 bits per heavy atom. The second kappa shape index (κ2) is 6.55. The smallest absolute Gasteiger partial charge is 0.289 e. The number of aliphatic hydroxyl groups is 1. The van der Waals surface area contributed by atoms with E-state index in [1.165, 1.54) is 17.0 Å². The van der Waals surface area contributed by atoms with E-state index >= 15 is 0 Å². The largest absolute Gasteiger partial charge is 0.503 e. The number of H-pyrrole nitrogens is 1. The van der Waals surface area contributed by atoms with E-state index in [0.717, 1.165) is 11.1 Å². The molecule has 130 valence electrons. The minimum Gasteiger partial charge on any atom is -0.503 e. The minimum absolute atomic E-state index is 0.0995. The summed E-state index contributed by atoms with van der Waals surface area (Å²) in [7, 11) is 0. The van der Waals surface area contributed by atoms with Gasteiger partial charge in [-0.15, -0.1) is 0 Å². The average molecular weight is 342 g/mol. The highest BCUT2D eigenvalue weighted by Crippen LogP contribution is 2.25. The summed E-state index contributed by atoms with van der Waals surface area (Å²) in [6.07, 6.45) is 3.70. The van der Waals surface area contributed by atoms with Crippen molar-refractivity contribution >= 4 is 11.7 Å². The quantitative estimate of drug-likeness (QED) is 0.821. The van der Waals surface area contributed by atoms with Gasteiger partial charge in [-0.3, -0.25) is 9.59 Å². The zero-order chi connectivity index (χ0) is 18.1. The molecule has 0 atom stereocenters. The predicted octanol–water partition coefficient (Wildman–Crippen LogP) is 2.99. The van der Waals surface area contributed by atoms with E-state index in [-0.39, 0.29) is 29.8 Å². The number of nitrogens with one attached hydrogen (secondary N) is 1. The van der Waals surface area contributed by atoms with E-state index in [1.807, 2.05) is 13.8 Å². The minimum atomic E-state index is -0.519. The molecule has 25 heavy (non-hydrogen) atoms. The van der Waals surface area contributed by atoms with Crippen LogP contribution in [-0.4, -0.2) is 39.3 Å². The molecule has 0 aliphatic carbocycles. The Balaban J connectivity index is 1.86. The van der Waals surface area contributed by atoms with Crippen LogP contribution in [0.15, 0.2) is 48.0 Å². The molecule has 2 N–H and O–H groups in total. The van der Waals surface area contributed by atoms with Crippen molar-refractivity contribution in [1.29, 1.82) is 0 Å². The van der Waals surface area contributed by atoms with Gasteiger partial charge in [0.25, 0.3) is 5.91 Å². The highest BCUT2D eigenvalue weighted by atomic mass is 19.1. The molecule has 0 radical (unpaired) electrons. The maximum absolute atomic E-state index is 13.0. The van der Waals surface area contributed by atoms with Gasteiger partial charge < -0.3 is 15.0 Å². The van der Waals surface area contributed by atoms with Crippen molar-refractivity contribution in [2.24, 2.45) is 0 Å². The molecule has 0 unspecified atom stereocenters. The van der Waals surface area contributed by atoms with E-state index in [1.54, 1.807) is 24.5 Å². The monoisotopic (exact) mass is 342 g/mol. The number of aromatic nitrogens is 1. The number of carbonyl (C=O) groups excluding carboxylic acids is 2. The van der Waals surface area contributed by atoms with Crippen molar-refractivity contribution in [3.05, 3.63) is 70.5 Å². The molecular formula is C19H19FN2O3. The van der Waals surface area contributed by atoms with Gasteiger partial charge in [-0.2, -0.15) is 0 Å². The van der Waals surface area contributed by atoms with Crippen LogP contribution in [0.1, 0.15) is 35.3 Å². The number of ketones is 1. The van der Waals surface area contributed by atoms with E-state index in [0.29, 0.717) is 12.0 Å². The molecule has 1 aliphatic heterocycles. The van der Waals surface area contributed by atoms with Crippen LogP contribution in [0, 0.1) is 5.82 Å². The van der Waals surface area contributed by atoms with Gasteiger partial charge in [0, 0.05) is 24.0 Å². The Morgan fingerprint density at radius 1 is 1.28 bits per heavy atom. The Labute approximate surface area is 144 Å². The molecule has 0 bridgehead atoms. The van der Waals surface area contributed by atoms with Gasteiger partial charge in [0.2, 0.25) is 0 Å². The van der Waals surface area contributed by atoms with Crippen LogP contribution < -0.4 is 0 Å². The van der Waals surface area contributed by atoms with Crippen molar-refractivity contribution in [2.75, 3.05) is 6.54 Å². The van der Waals surface area contributed by atoms with E-state index in [9.17, 15) is 19.1 Å². The first-order valence-corrected chi connectivity index (χ1v) is 8.06. The van der Waals surface area contributed by atoms with Crippen LogP contribution in [0.4, 0.5) is 4.39 Å². The molecule has 1 aromatic heterocycles. The number of hydrogen-bond acceptors (Lipinski definition) is 3. The van der Waals surface area contributed by atoms with Gasteiger partial charge >= 0.3 is 0 Å². The van der Waals surface area contributed by atoms with Crippen LogP contribution in [0.3, 0.4) is 0 Å². The maximum atomic E-state index is 13.0. The fourth-order valence-electron chi connectivity index (χ4n) is 2.92. The fourth-order valence-corrected chi connectivity index (χ4v) is 2.92. The summed E-state index contributed by atoms with van der Waals surface area (Å²) in [6.45, 7) is 3.76. The number of amides is 1. The molecule has 0 spiro atoms. The number of aliphatic hydroxyl groups excluding tert-OH is 1. The summed E-state index contributed by atoms with van der Waals surface area (Å²) in [4.78, 5) is 29.2. The average Bonchev–Trinajstić information content (AvgIpc) is 3.15. The molecule has 2 heterocycles. The zero-order valence-electron chi connectivity index (χ0n) is 14.0. The van der Waals surface area contributed by atoms with Crippen molar-refractivity contribution in [1.82, 2.24) is 9.88 Å². The molecule has 0 saturated heterocycles. The number of Topliss-reactive ketones (excluding diaryl/α,β-unsaturated/α-hetero) is 1. The molecule has 3 rings (SSSR count). The number of hydrogen-bond donors (Lipinski definition) is 2. The number of halogens is 1. The summed E-state index contributed by atoms with van der Waals surface area (Å²) < 4.78 is 13.0. The highest BCUT2D eigenvalue weighted by Gasteiger charge is 2.36. The SMILES string of the molecule is CC(C)N1CC(C(=O)c2c[nH]cc2Cc2ccc(F)cc2)=C(O)C1=O. The zero-order valence-corrected chi connectivity index (χ0v) is 14.0. The van der Waals surface area contributed by atoms with Gasteiger partial charge in [0.05, 0.1) is 12.1 Å². The molecule has 5 nitrogen and oxygen atoms in total. The number of carbonyl (C=O) groups is 2. The summed E-state index contributed by atoms with van der Waals surface area (Å²) in [5, 5.41) is 10.1. The van der Waals surface area contributed by atoms with Gasteiger partial charge in [0.15, 0.2) is 11.5 Å². The van der Waals surface area contributed by atoms with E-state index < -0.39 is 11.7 Å². The molecule has 6 heteroatoms. The van der Waals surface area contributed by atoms with E-state index in [4.69, 9.17) is 0 Å². The van der Waals surface area contributed by atoms with Crippen LogP contribution >= 0.6 is 0 Å². The first kappa shape index (κ1) is 17.0. The summed E-state index contributed by atoms with van der Waals surface area (Å²) in [5.74, 6) is -1.68. The maximum Gasteiger partial charge on any atom is 0.289 e. The van der Waals surface area contributed by atoms with Crippen molar-refractivity contribution < 1.29 is 19.1 Å². The molecule has 1 aromatic carbocycles. The highest BCUT2D eigenvalue weighted by molar-refractivity contribution is 6.15. The Morgan fingerprint density at radius 3 is 2.56 bits per heavy atom. The molecule has 2 aromatic rings. The third-order valence-corrected chi connectivity index (χ3v) is 4.36. The normalized spacial score (nSPS) is 14.7. The molecule has 1 amide bonds. The lowest BCUT2D eigenvalue weighted by molar-refractivity contribution is -0.129. The Hall–Kier alpha value is -2.89. The topological polar surface area (TPSA) is 73.4 Å². The van der Waals surface area contributed by atoms with Crippen LogP contribution in [0.2, 0.25) is 0 Å². The standard InChI is InChI=1S/C19H19FN2O3/c1-11(2)22-10-16(18(24)19(22)25)17(23)15-9-21-8-13(15)7-12-3-5-14(20)6-4-12/h3-6,8-9,11,21,24H,7,10H2,1-2H3. The second-order valence-electron chi connectivity index (χ2n) is 6.38. The molecule has 0 fully saturated rings. The Kier molecular flexibility index (Phi) is 4.44. The lowest BCUT2D eigenvalue weighted by Crippen LogP contribution is -2.34. The van der Waals surface area contributed by atoms with Crippen molar-refractivity contribution in [3.63, 3.8) is 0 Å². The lowest BCUT2D eigenvalue weighted by Gasteiger charge is -2.20. The number of nitrogens with zero attached hydrogens (tertiary/aromatic N) is 1. The van der Waals surface area contributed by atoms with Gasteiger partial charge in [0.1, 0.15) is 5.82 Å². The first-order valence-electron chi connectivity index (χ1n) is 8.06. The van der Waals surface area contributed by atoms with Gasteiger partial charge in [-0.1, -0.05) is 12.1 Å². The third kappa shape index (κ3) is 3.20. The summed E-state index contributed by atoms with van der Waals surface area (Å²) in [6, 6.07) is 5.95. The van der Waals surface area contributed by atoms with Gasteiger partial charge in [-0.05, 0) is 43.5 Å². The number of rotatable bonds is 5. The lowest BCUT2D eigenvalue weighted by atomic mass is 9.98. The first-order chi connectivity index (χ1) is 11.9. The van der Waals surface area contributed by atoms with Crippen molar-refractivity contribution in [3.8, 4) is 0 Å². The van der Waals surface area contributed by atoms with Crippen molar-refractivity contribution in [2.45, 2.75) is 26.3 Å². The van der Waals surface area contributed by atoms with E-state index in [2.05, 4.69) is 4.98 Å². The number of benzene rings is 1.